The van der Waals surface area contributed by atoms with E-state index in [1.807, 2.05) is 5.43 Å². The van der Waals surface area contributed by atoms with E-state index in [-0.39, 0.29) is 12.2 Å². The van der Waals surface area contributed by atoms with E-state index in [4.69, 9.17) is 0 Å². The van der Waals surface area contributed by atoms with Crippen LogP contribution < -0.4 is 5.43 Å². The Kier molecular flexibility index (Phi) is 4.38. The summed E-state index contributed by atoms with van der Waals surface area (Å²) in [5, 5.41) is 3.35. The number of hydrogen-bond donors (Lipinski definition) is 1. The molecule has 0 aromatic heterocycles. The Hall–Kier alpha value is -1.98. The van der Waals surface area contributed by atoms with E-state index in [1.54, 1.807) is 6.92 Å². The number of nitrogens with zero attached hydrogens (tertiary/aromatic N) is 1. The highest BCUT2D eigenvalue weighted by Crippen LogP contribution is 2.08. The molecular weight excluding hydrogens is 218 g/mol. The number of nitrogens with one attached hydrogen (secondary N) is 1. The Morgan fingerprint density at radius 2 is 2.12 bits per heavy atom. The Balaban J connectivity index is 2.66. The molecule has 6 heteroatoms. The van der Waals surface area contributed by atoms with Gasteiger partial charge >= 0.3 is 6.09 Å². The Bertz CT molecular complexity index is 388. The first-order chi connectivity index (χ1) is 7.65. The van der Waals surface area contributed by atoms with Crippen LogP contribution in [0.4, 0.5) is 13.6 Å². The van der Waals surface area contributed by atoms with E-state index in [9.17, 15) is 13.6 Å². The molecule has 1 amide bonds. The lowest BCUT2D eigenvalue weighted by molar-refractivity contribution is 0.152. The summed E-state index contributed by atoms with van der Waals surface area (Å²) in [6, 6.07) is 3.42. The molecule has 86 valence electrons. The number of carbonyl (C=O) groups excluding carboxylic acids is 1. The smallest absolute Gasteiger partial charge is 0.427 e. The standard InChI is InChI=1S/C10H10F2N2O2/c1-2-16-10(15)14-13-6-7-8(11)4-3-5-9(7)12/h3-6H,2H2,1H3,(H,14,15)/b13-6+. The second-order valence-electron chi connectivity index (χ2n) is 2.73. The lowest BCUT2D eigenvalue weighted by Crippen LogP contribution is -2.18. The summed E-state index contributed by atoms with van der Waals surface area (Å²) in [5.41, 5.74) is 1.64. The Morgan fingerprint density at radius 3 is 2.69 bits per heavy atom. The molecule has 16 heavy (non-hydrogen) atoms. The Morgan fingerprint density at radius 1 is 1.50 bits per heavy atom. The summed E-state index contributed by atoms with van der Waals surface area (Å²) in [5.74, 6) is -1.51. The first-order valence-electron chi connectivity index (χ1n) is 4.55. The molecule has 0 fully saturated rings. The number of hydrogen-bond acceptors (Lipinski definition) is 3. The summed E-state index contributed by atoms with van der Waals surface area (Å²) in [6.07, 6.45) is 0.0946. The predicted octanol–water partition coefficient (Wildman–Crippen LogP) is 2.04. The molecule has 0 aliphatic rings. The summed E-state index contributed by atoms with van der Waals surface area (Å²) in [4.78, 5) is 10.8. The van der Waals surface area contributed by atoms with Crippen molar-refractivity contribution in [3.05, 3.63) is 35.4 Å². The molecule has 0 spiro atoms. The zero-order valence-electron chi connectivity index (χ0n) is 8.54. The van der Waals surface area contributed by atoms with E-state index < -0.39 is 17.7 Å². The van der Waals surface area contributed by atoms with Gasteiger partial charge in [0.2, 0.25) is 0 Å². The number of hydrazone groups is 1. The lowest BCUT2D eigenvalue weighted by atomic mass is 10.2. The maximum Gasteiger partial charge on any atom is 0.427 e. The van der Waals surface area contributed by atoms with Gasteiger partial charge < -0.3 is 4.74 Å². The minimum absolute atomic E-state index is 0.190. The third-order valence-corrected chi connectivity index (χ3v) is 1.62. The number of halogens is 2. The molecule has 0 saturated carbocycles. The van der Waals surface area contributed by atoms with Crippen molar-refractivity contribution in [3.8, 4) is 0 Å². The van der Waals surface area contributed by atoms with E-state index in [2.05, 4.69) is 9.84 Å². The summed E-state index contributed by atoms with van der Waals surface area (Å²) >= 11 is 0. The van der Waals surface area contributed by atoms with Gasteiger partial charge in [-0.3, -0.25) is 0 Å². The molecular formula is C10H10F2N2O2. The second-order valence-corrected chi connectivity index (χ2v) is 2.73. The SMILES string of the molecule is CCOC(=O)N/N=C/c1c(F)cccc1F. The van der Waals surface area contributed by atoms with Crippen molar-refractivity contribution in [2.45, 2.75) is 6.92 Å². The van der Waals surface area contributed by atoms with Crippen molar-refractivity contribution in [3.63, 3.8) is 0 Å². The van der Waals surface area contributed by atoms with Gasteiger partial charge in [-0.25, -0.2) is 19.0 Å². The Labute approximate surface area is 90.9 Å². The van der Waals surface area contributed by atoms with Gasteiger partial charge in [-0.15, -0.1) is 0 Å². The molecule has 0 heterocycles. The van der Waals surface area contributed by atoms with Gasteiger partial charge in [-0.2, -0.15) is 5.10 Å². The van der Waals surface area contributed by atoms with E-state index in [0.717, 1.165) is 18.3 Å². The van der Waals surface area contributed by atoms with Gasteiger partial charge in [-0.1, -0.05) is 6.07 Å². The first-order valence-corrected chi connectivity index (χ1v) is 4.55. The number of ether oxygens (including phenoxy) is 1. The predicted molar refractivity (Wildman–Crippen MR) is 54.1 cm³/mol. The van der Waals surface area contributed by atoms with Gasteiger partial charge in [0.1, 0.15) is 11.6 Å². The maximum atomic E-state index is 13.0. The monoisotopic (exact) mass is 228 g/mol. The van der Waals surface area contributed by atoms with Crippen LogP contribution in [-0.4, -0.2) is 18.9 Å². The normalized spacial score (nSPS) is 10.4. The highest BCUT2D eigenvalue weighted by atomic mass is 19.1. The van der Waals surface area contributed by atoms with Crippen LogP contribution >= 0.6 is 0 Å². The van der Waals surface area contributed by atoms with Crippen LogP contribution in [-0.2, 0) is 4.74 Å². The molecule has 0 unspecified atom stereocenters. The minimum atomic E-state index is -0.782. The third kappa shape index (κ3) is 3.30. The summed E-state index contributed by atoms with van der Waals surface area (Å²) in [6.45, 7) is 1.81. The van der Waals surface area contributed by atoms with Gasteiger partial charge in [0.05, 0.1) is 18.4 Å². The quantitative estimate of drug-likeness (QED) is 0.635. The lowest BCUT2D eigenvalue weighted by Gasteiger charge is -2.00. The van der Waals surface area contributed by atoms with Gasteiger partial charge in [-0.05, 0) is 19.1 Å². The fourth-order valence-corrected chi connectivity index (χ4v) is 0.947. The molecule has 1 aromatic carbocycles. The van der Waals surface area contributed by atoms with Crippen LogP contribution in [0.3, 0.4) is 0 Å². The first kappa shape index (κ1) is 12.1. The average Bonchev–Trinajstić information content (AvgIpc) is 2.23. The molecule has 1 aromatic rings. The number of rotatable bonds is 3. The van der Waals surface area contributed by atoms with Crippen LogP contribution in [0.2, 0.25) is 0 Å². The van der Waals surface area contributed by atoms with Gasteiger partial charge in [0.25, 0.3) is 0 Å². The van der Waals surface area contributed by atoms with Gasteiger partial charge in [0.15, 0.2) is 0 Å². The largest absolute Gasteiger partial charge is 0.449 e. The van der Waals surface area contributed by atoms with Crippen LogP contribution in [0.5, 0.6) is 0 Å². The van der Waals surface area contributed by atoms with Crippen molar-refractivity contribution < 1.29 is 18.3 Å². The van der Waals surface area contributed by atoms with E-state index in [1.165, 1.54) is 6.07 Å². The summed E-state index contributed by atoms with van der Waals surface area (Å²) in [7, 11) is 0. The van der Waals surface area contributed by atoms with E-state index >= 15 is 0 Å². The topological polar surface area (TPSA) is 50.7 Å². The molecule has 0 atom stereocenters. The van der Waals surface area contributed by atoms with Crippen LogP contribution in [0.15, 0.2) is 23.3 Å². The number of benzene rings is 1. The zero-order chi connectivity index (χ0) is 12.0. The molecule has 1 N–H and O–H groups in total. The van der Waals surface area contributed by atoms with Crippen molar-refractivity contribution in [1.29, 1.82) is 0 Å². The number of carbonyl (C=O) groups is 1. The fourth-order valence-electron chi connectivity index (χ4n) is 0.947. The van der Waals surface area contributed by atoms with Crippen molar-refractivity contribution >= 4 is 12.3 Å². The van der Waals surface area contributed by atoms with Crippen LogP contribution in [0.25, 0.3) is 0 Å². The third-order valence-electron chi connectivity index (χ3n) is 1.62. The molecule has 0 aliphatic carbocycles. The maximum absolute atomic E-state index is 13.0. The van der Waals surface area contributed by atoms with Crippen LogP contribution in [0, 0.1) is 11.6 Å². The van der Waals surface area contributed by atoms with Crippen molar-refractivity contribution in [2.24, 2.45) is 5.10 Å². The van der Waals surface area contributed by atoms with Crippen molar-refractivity contribution in [2.75, 3.05) is 6.61 Å². The van der Waals surface area contributed by atoms with Crippen LogP contribution in [0.1, 0.15) is 12.5 Å². The highest BCUT2D eigenvalue weighted by Gasteiger charge is 2.05. The zero-order valence-corrected chi connectivity index (χ0v) is 8.54. The molecule has 4 nitrogen and oxygen atoms in total. The highest BCUT2D eigenvalue weighted by molar-refractivity contribution is 5.81. The minimum Gasteiger partial charge on any atom is -0.449 e. The van der Waals surface area contributed by atoms with E-state index in [0.29, 0.717) is 0 Å². The van der Waals surface area contributed by atoms with Crippen molar-refractivity contribution in [1.82, 2.24) is 5.43 Å². The molecule has 0 bridgehead atoms. The molecule has 0 saturated heterocycles. The molecule has 0 aliphatic heterocycles. The average molecular weight is 228 g/mol. The van der Waals surface area contributed by atoms with Gasteiger partial charge in [0, 0.05) is 0 Å². The fraction of sp³-hybridized carbons (Fsp3) is 0.200. The summed E-state index contributed by atoms with van der Waals surface area (Å²) < 4.78 is 30.6. The second kappa shape index (κ2) is 5.79. The molecule has 1 rings (SSSR count). The number of amides is 1. The molecule has 0 radical (unpaired) electrons.